The number of hydrogen-bond donors (Lipinski definition) is 0. The van der Waals surface area contributed by atoms with Crippen LogP contribution in [0.2, 0.25) is 0 Å². The zero-order chi connectivity index (χ0) is 17.4. The molecule has 0 aromatic carbocycles. The molecular formula is C19H29N5O. The van der Waals surface area contributed by atoms with Crippen LogP contribution >= 0.6 is 0 Å². The predicted molar refractivity (Wildman–Crippen MR) is 97.7 cm³/mol. The molecule has 0 radical (unpaired) electrons. The van der Waals surface area contributed by atoms with Crippen molar-refractivity contribution >= 4 is 11.7 Å². The molecule has 3 heterocycles. The Balaban J connectivity index is 1.60. The van der Waals surface area contributed by atoms with Crippen molar-refractivity contribution in [3.8, 4) is 0 Å². The molecule has 25 heavy (non-hydrogen) atoms. The lowest BCUT2D eigenvalue weighted by atomic mass is 9.86. The zero-order valence-electron chi connectivity index (χ0n) is 15.5. The number of likely N-dealkylation sites (tertiary alicyclic amines) is 1. The summed E-state index contributed by atoms with van der Waals surface area (Å²) in [6.45, 7) is 6.78. The van der Waals surface area contributed by atoms with E-state index in [4.69, 9.17) is 0 Å². The molecule has 1 aliphatic carbocycles. The van der Waals surface area contributed by atoms with Crippen molar-refractivity contribution < 1.29 is 4.79 Å². The van der Waals surface area contributed by atoms with Crippen LogP contribution in [0, 0.1) is 0 Å². The molecule has 4 rings (SSSR count). The molecule has 1 spiro atoms. The summed E-state index contributed by atoms with van der Waals surface area (Å²) in [5.74, 6) is 1.46. The largest absolute Gasteiger partial charge is 0.353 e. The fraction of sp³-hybridized carbons (Fsp3) is 0.737. The van der Waals surface area contributed by atoms with E-state index in [2.05, 4.69) is 33.7 Å². The summed E-state index contributed by atoms with van der Waals surface area (Å²) in [7, 11) is 2.23. The summed E-state index contributed by atoms with van der Waals surface area (Å²) in [5, 5.41) is 0. The average Bonchev–Trinajstić information content (AvgIpc) is 3.05. The maximum absolute atomic E-state index is 12.4. The Morgan fingerprint density at radius 3 is 2.84 bits per heavy atom. The van der Waals surface area contributed by atoms with E-state index in [0.29, 0.717) is 12.3 Å². The molecule has 0 saturated carbocycles. The van der Waals surface area contributed by atoms with E-state index >= 15 is 0 Å². The second-order valence-electron chi connectivity index (χ2n) is 7.77. The van der Waals surface area contributed by atoms with Gasteiger partial charge in [0.15, 0.2) is 0 Å². The summed E-state index contributed by atoms with van der Waals surface area (Å²) < 4.78 is 0. The number of carbonyl (C=O) groups is 1. The van der Waals surface area contributed by atoms with Crippen molar-refractivity contribution in [3.63, 3.8) is 0 Å². The lowest BCUT2D eigenvalue weighted by Gasteiger charge is -2.50. The van der Waals surface area contributed by atoms with Crippen molar-refractivity contribution in [1.82, 2.24) is 19.8 Å². The highest BCUT2D eigenvalue weighted by atomic mass is 16.2. The molecule has 6 nitrogen and oxygen atoms in total. The molecule has 1 atom stereocenters. The highest BCUT2D eigenvalue weighted by molar-refractivity contribution is 5.76. The number of likely N-dealkylation sites (N-methyl/N-ethyl adjacent to an activating group) is 1. The first-order chi connectivity index (χ1) is 12.1. The first kappa shape index (κ1) is 16.8. The topological polar surface area (TPSA) is 52.6 Å². The SMILES string of the molecule is CCN1CC[C@@]2(CCC1=O)CN(c1ncnc3c1CCC3)CCN2C. The van der Waals surface area contributed by atoms with E-state index in [1.54, 1.807) is 6.33 Å². The van der Waals surface area contributed by atoms with E-state index in [0.717, 1.165) is 64.2 Å². The van der Waals surface area contributed by atoms with Gasteiger partial charge in [-0.1, -0.05) is 0 Å². The van der Waals surface area contributed by atoms with Crippen LogP contribution in [0.3, 0.4) is 0 Å². The van der Waals surface area contributed by atoms with Crippen LogP contribution in [-0.4, -0.2) is 71.0 Å². The second kappa shape index (κ2) is 6.56. The maximum Gasteiger partial charge on any atom is 0.222 e. The van der Waals surface area contributed by atoms with Crippen molar-refractivity contribution in [2.24, 2.45) is 0 Å². The Bertz CT molecular complexity index is 663. The van der Waals surface area contributed by atoms with Gasteiger partial charge in [-0.15, -0.1) is 0 Å². The van der Waals surface area contributed by atoms with Crippen molar-refractivity contribution in [3.05, 3.63) is 17.6 Å². The van der Waals surface area contributed by atoms with Gasteiger partial charge in [-0.25, -0.2) is 9.97 Å². The third-order valence-electron chi connectivity index (χ3n) is 6.54. The highest BCUT2D eigenvalue weighted by Gasteiger charge is 2.43. The van der Waals surface area contributed by atoms with Crippen molar-refractivity contribution in [2.45, 2.75) is 51.0 Å². The zero-order valence-corrected chi connectivity index (χ0v) is 15.5. The number of hydrogen-bond acceptors (Lipinski definition) is 5. The quantitative estimate of drug-likeness (QED) is 0.814. The molecule has 0 bridgehead atoms. The lowest BCUT2D eigenvalue weighted by Crippen LogP contribution is -2.61. The molecule has 2 aliphatic heterocycles. The average molecular weight is 343 g/mol. The minimum atomic E-state index is 0.0776. The van der Waals surface area contributed by atoms with Gasteiger partial charge < -0.3 is 9.80 Å². The molecule has 2 saturated heterocycles. The summed E-state index contributed by atoms with van der Waals surface area (Å²) in [6, 6.07) is 0. The van der Waals surface area contributed by atoms with Gasteiger partial charge in [0.1, 0.15) is 12.1 Å². The molecule has 136 valence electrons. The van der Waals surface area contributed by atoms with Crippen LogP contribution in [0.15, 0.2) is 6.33 Å². The van der Waals surface area contributed by atoms with Crippen molar-refractivity contribution in [1.29, 1.82) is 0 Å². The van der Waals surface area contributed by atoms with Crippen LogP contribution in [0.5, 0.6) is 0 Å². The molecular weight excluding hydrogens is 314 g/mol. The highest BCUT2D eigenvalue weighted by Crippen LogP contribution is 2.36. The number of anilines is 1. The Morgan fingerprint density at radius 2 is 2.00 bits per heavy atom. The molecule has 1 aromatic heterocycles. The van der Waals surface area contributed by atoms with E-state index in [9.17, 15) is 4.79 Å². The Labute approximate surface area is 150 Å². The molecule has 1 amide bonds. The minimum absolute atomic E-state index is 0.0776. The van der Waals surface area contributed by atoms with Gasteiger partial charge >= 0.3 is 0 Å². The maximum atomic E-state index is 12.4. The number of rotatable bonds is 2. The summed E-state index contributed by atoms with van der Waals surface area (Å²) >= 11 is 0. The molecule has 2 fully saturated rings. The lowest BCUT2D eigenvalue weighted by molar-refractivity contribution is -0.130. The Hall–Kier alpha value is -1.69. The molecule has 0 unspecified atom stereocenters. The predicted octanol–water partition coefficient (Wildman–Crippen LogP) is 1.49. The van der Waals surface area contributed by atoms with E-state index < -0.39 is 0 Å². The van der Waals surface area contributed by atoms with Crippen molar-refractivity contribution in [2.75, 3.05) is 44.7 Å². The fourth-order valence-corrected chi connectivity index (χ4v) is 4.82. The third kappa shape index (κ3) is 2.90. The van der Waals surface area contributed by atoms with Gasteiger partial charge in [0.25, 0.3) is 0 Å². The number of carbonyl (C=O) groups excluding carboxylic acids is 1. The van der Waals surface area contributed by atoms with Gasteiger partial charge in [-0.3, -0.25) is 9.69 Å². The van der Waals surface area contributed by atoms with Gasteiger partial charge in [-0.2, -0.15) is 0 Å². The van der Waals surface area contributed by atoms with Gasteiger partial charge in [-0.05, 0) is 46.1 Å². The summed E-state index contributed by atoms with van der Waals surface area (Å²) in [6.07, 6.45) is 7.78. The number of piperazine rings is 1. The molecule has 0 N–H and O–H groups in total. The number of fused-ring (bicyclic) bond motifs is 1. The first-order valence-corrected chi connectivity index (χ1v) is 9.70. The number of amides is 1. The van der Waals surface area contributed by atoms with Crippen LogP contribution in [0.4, 0.5) is 5.82 Å². The van der Waals surface area contributed by atoms with Crippen LogP contribution in [0.25, 0.3) is 0 Å². The first-order valence-electron chi connectivity index (χ1n) is 9.70. The second-order valence-corrected chi connectivity index (χ2v) is 7.77. The summed E-state index contributed by atoms with van der Waals surface area (Å²) in [5.41, 5.74) is 2.68. The monoisotopic (exact) mass is 343 g/mol. The Kier molecular flexibility index (Phi) is 4.40. The standard InChI is InChI=1S/C19H29N5O/c1-3-23-10-9-19(8-7-17(23)25)13-24(12-11-22(19)2)18-15-5-4-6-16(15)20-14-21-18/h14H,3-13H2,1-2H3/t19-/m0/s1. The smallest absolute Gasteiger partial charge is 0.222 e. The van der Waals surface area contributed by atoms with E-state index in [-0.39, 0.29) is 5.54 Å². The summed E-state index contributed by atoms with van der Waals surface area (Å²) in [4.78, 5) is 28.5. The van der Waals surface area contributed by atoms with Crippen LogP contribution < -0.4 is 4.90 Å². The van der Waals surface area contributed by atoms with E-state index in [1.807, 2.05) is 4.90 Å². The number of nitrogens with zero attached hydrogens (tertiary/aromatic N) is 5. The van der Waals surface area contributed by atoms with E-state index in [1.165, 1.54) is 17.7 Å². The molecule has 3 aliphatic rings. The third-order valence-corrected chi connectivity index (χ3v) is 6.54. The number of aromatic nitrogens is 2. The van der Waals surface area contributed by atoms with Crippen LogP contribution in [0.1, 0.15) is 43.9 Å². The minimum Gasteiger partial charge on any atom is -0.353 e. The number of aryl methyl sites for hydroxylation is 1. The molecule has 1 aromatic rings. The van der Waals surface area contributed by atoms with Gasteiger partial charge in [0.2, 0.25) is 5.91 Å². The van der Waals surface area contributed by atoms with Crippen LogP contribution in [-0.2, 0) is 17.6 Å². The fourth-order valence-electron chi connectivity index (χ4n) is 4.82. The Morgan fingerprint density at radius 1 is 1.12 bits per heavy atom. The van der Waals surface area contributed by atoms with Gasteiger partial charge in [0.05, 0.1) is 0 Å². The normalized spacial score (nSPS) is 27.7. The van der Waals surface area contributed by atoms with Gasteiger partial charge in [0, 0.05) is 55.9 Å². The molecule has 6 heteroatoms.